The van der Waals surface area contributed by atoms with Crippen LogP contribution in [0.25, 0.3) is 5.69 Å². The molecule has 6 nitrogen and oxygen atoms in total. The molecule has 1 N–H and O–H groups in total. The van der Waals surface area contributed by atoms with Gasteiger partial charge in [-0.3, -0.25) is 9.69 Å². The number of nitrogens with one attached hydrogen (secondary N) is 1. The molecule has 3 aromatic rings. The van der Waals surface area contributed by atoms with Gasteiger partial charge in [0.25, 0.3) is 5.91 Å². The van der Waals surface area contributed by atoms with Crippen LogP contribution in [0, 0.1) is 6.92 Å². The van der Waals surface area contributed by atoms with Gasteiger partial charge < -0.3 is 10.1 Å². The van der Waals surface area contributed by atoms with Crippen molar-refractivity contribution in [3.63, 3.8) is 0 Å². The summed E-state index contributed by atoms with van der Waals surface area (Å²) in [5.74, 6) is -0.142. The number of amides is 1. The summed E-state index contributed by atoms with van der Waals surface area (Å²) in [6, 6.07) is 15.8. The molecule has 168 valence electrons. The summed E-state index contributed by atoms with van der Waals surface area (Å²) in [7, 11) is 0. The Labute approximate surface area is 194 Å². The van der Waals surface area contributed by atoms with Gasteiger partial charge in [-0.05, 0) is 50.1 Å². The summed E-state index contributed by atoms with van der Waals surface area (Å²) in [4.78, 5) is 15.2. The SMILES string of the molecule is Cc1c(C(=O)NCc2ccc(CN3CC(C)OC(C)C3)cc2)cnn1-c1cccc(Cl)c1. The zero-order valence-corrected chi connectivity index (χ0v) is 19.5. The molecule has 2 atom stereocenters. The summed E-state index contributed by atoms with van der Waals surface area (Å²) in [5.41, 5.74) is 4.48. The molecule has 0 saturated carbocycles. The van der Waals surface area contributed by atoms with Gasteiger partial charge in [-0.2, -0.15) is 5.10 Å². The van der Waals surface area contributed by atoms with Crippen molar-refractivity contribution in [2.75, 3.05) is 13.1 Å². The highest BCUT2D eigenvalue weighted by atomic mass is 35.5. The Morgan fingerprint density at radius 2 is 1.81 bits per heavy atom. The Morgan fingerprint density at radius 1 is 1.12 bits per heavy atom. The molecule has 0 spiro atoms. The Balaban J connectivity index is 1.34. The summed E-state index contributed by atoms with van der Waals surface area (Å²) < 4.78 is 7.54. The smallest absolute Gasteiger partial charge is 0.255 e. The van der Waals surface area contributed by atoms with E-state index in [1.54, 1.807) is 10.9 Å². The molecular weight excluding hydrogens is 424 g/mol. The van der Waals surface area contributed by atoms with E-state index in [0.717, 1.165) is 36.6 Å². The van der Waals surface area contributed by atoms with E-state index in [1.807, 2.05) is 31.2 Å². The molecular formula is C25H29ClN4O2. The second-order valence-electron chi connectivity index (χ2n) is 8.49. The molecule has 1 amide bonds. The summed E-state index contributed by atoms with van der Waals surface area (Å²) in [6.45, 7) is 9.39. The van der Waals surface area contributed by atoms with Crippen molar-refractivity contribution in [3.8, 4) is 5.69 Å². The van der Waals surface area contributed by atoms with E-state index in [-0.39, 0.29) is 18.1 Å². The van der Waals surface area contributed by atoms with Crippen molar-refractivity contribution in [3.05, 3.63) is 82.1 Å². The van der Waals surface area contributed by atoms with Crippen LogP contribution in [0.4, 0.5) is 0 Å². The van der Waals surface area contributed by atoms with E-state index in [4.69, 9.17) is 16.3 Å². The van der Waals surface area contributed by atoms with Gasteiger partial charge in [0.05, 0.1) is 35.3 Å². The number of ether oxygens (including phenoxy) is 1. The van der Waals surface area contributed by atoms with Gasteiger partial charge >= 0.3 is 0 Å². The van der Waals surface area contributed by atoms with E-state index in [2.05, 4.69) is 53.4 Å². The van der Waals surface area contributed by atoms with Crippen molar-refractivity contribution in [2.24, 2.45) is 0 Å². The fourth-order valence-electron chi connectivity index (χ4n) is 4.21. The minimum atomic E-state index is -0.142. The summed E-state index contributed by atoms with van der Waals surface area (Å²) in [5, 5.41) is 7.99. The first-order valence-corrected chi connectivity index (χ1v) is 11.3. The number of aromatic nitrogens is 2. The summed E-state index contributed by atoms with van der Waals surface area (Å²) >= 11 is 6.08. The molecule has 0 bridgehead atoms. The lowest BCUT2D eigenvalue weighted by atomic mass is 10.1. The van der Waals surface area contributed by atoms with Gasteiger partial charge in [-0.1, -0.05) is 41.9 Å². The first kappa shape index (κ1) is 22.5. The minimum absolute atomic E-state index is 0.142. The zero-order chi connectivity index (χ0) is 22.7. The average Bonchev–Trinajstić information content (AvgIpc) is 3.14. The first-order valence-electron chi connectivity index (χ1n) is 10.9. The minimum Gasteiger partial charge on any atom is -0.373 e. The fourth-order valence-corrected chi connectivity index (χ4v) is 4.40. The first-order chi connectivity index (χ1) is 15.4. The van der Waals surface area contributed by atoms with Gasteiger partial charge in [-0.25, -0.2) is 4.68 Å². The largest absolute Gasteiger partial charge is 0.373 e. The number of carbonyl (C=O) groups excluding carboxylic acids is 1. The Morgan fingerprint density at radius 3 is 2.50 bits per heavy atom. The van der Waals surface area contributed by atoms with Crippen molar-refractivity contribution in [2.45, 2.75) is 46.1 Å². The maximum Gasteiger partial charge on any atom is 0.255 e. The lowest BCUT2D eigenvalue weighted by Gasteiger charge is -2.35. The number of morpholine rings is 1. The third-order valence-electron chi connectivity index (χ3n) is 5.68. The van der Waals surface area contributed by atoms with Gasteiger partial charge in [0.1, 0.15) is 0 Å². The maximum atomic E-state index is 12.7. The highest BCUT2D eigenvalue weighted by Crippen LogP contribution is 2.18. The van der Waals surface area contributed by atoms with Crippen LogP contribution in [-0.2, 0) is 17.8 Å². The van der Waals surface area contributed by atoms with Crippen molar-refractivity contribution >= 4 is 17.5 Å². The molecule has 1 aliphatic heterocycles. The highest BCUT2D eigenvalue weighted by Gasteiger charge is 2.22. The van der Waals surface area contributed by atoms with Crippen LogP contribution >= 0.6 is 11.6 Å². The maximum absolute atomic E-state index is 12.7. The Bertz CT molecular complexity index is 1070. The number of nitrogens with zero attached hydrogens (tertiary/aromatic N) is 3. The monoisotopic (exact) mass is 452 g/mol. The lowest BCUT2D eigenvalue weighted by Crippen LogP contribution is -2.44. The van der Waals surface area contributed by atoms with E-state index in [1.165, 1.54) is 5.56 Å². The number of benzene rings is 2. The van der Waals surface area contributed by atoms with Gasteiger partial charge in [-0.15, -0.1) is 0 Å². The second-order valence-corrected chi connectivity index (χ2v) is 8.92. The predicted octanol–water partition coefficient (Wildman–Crippen LogP) is 4.37. The highest BCUT2D eigenvalue weighted by molar-refractivity contribution is 6.30. The van der Waals surface area contributed by atoms with E-state index < -0.39 is 0 Å². The molecule has 2 aromatic carbocycles. The van der Waals surface area contributed by atoms with Gasteiger partial charge in [0.15, 0.2) is 0 Å². The molecule has 0 aliphatic carbocycles. The molecule has 1 saturated heterocycles. The number of hydrogen-bond donors (Lipinski definition) is 1. The van der Waals surface area contributed by atoms with Crippen molar-refractivity contribution in [1.82, 2.24) is 20.0 Å². The second kappa shape index (κ2) is 9.86. The van der Waals surface area contributed by atoms with Crippen molar-refractivity contribution in [1.29, 1.82) is 0 Å². The predicted molar refractivity (Wildman–Crippen MR) is 126 cm³/mol. The average molecular weight is 453 g/mol. The quantitative estimate of drug-likeness (QED) is 0.603. The van der Waals surface area contributed by atoms with Crippen molar-refractivity contribution < 1.29 is 9.53 Å². The molecule has 1 aliphatic rings. The van der Waals surface area contributed by atoms with Crippen LogP contribution in [0.3, 0.4) is 0 Å². The van der Waals surface area contributed by atoms with E-state index in [9.17, 15) is 4.79 Å². The number of carbonyl (C=O) groups is 1. The normalized spacial score (nSPS) is 19.1. The number of rotatable bonds is 6. The van der Waals surface area contributed by atoms with E-state index >= 15 is 0 Å². The summed E-state index contributed by atoms with van der Waals surface area (Å²) in [6.07, 6.45) is 2.12. The van der Waals surface area contributed by atoms with Crippen LogP contribution < -0.4 is 5.32 Å². The van der Waals surface area contributed by atoms with Crippen LogP contribution in [0.2, 0.25) is 5.02 Å². The zero-order valence-electron chi connectivity index (χ0n) is 18.7. The lowest BCUT2D eigenvalue weighted by molar-refractivity contribution is -0.0704. The molecule has 1 fully saturated rings. The standard InChI is InChI=1S/C25H29ClN4O2/c1-17-14-29(15-18(2)32-17)16-21-9-7-20(8-10-21)12-27-25(31)24-13-28-30(19(24)3)23-6-4-5-22(26)11-23/h4-11,13,17-18H,12,14-16H2,1-3H3,(H,27,31). The fraction of sp³-hybridized carbons (Fsp3) is 0.360. The van der Waals surface area contributed by atoms with Crippen LogP contribution in [-0.4, -0.2) is 45.9 Å². The Kier molecular flexibility index (Phi) is 6.94. The molecule has 7 heteroatoms. The van der Waals surface area contributed by atoms with Crippen LogP contribution in [0.1, 0.15) is 41.0 Å². The topological polar surface area (TPSA) is 59.4 Å². The molecule has 1 aromatic heterocycles. The third-order valence-corrected chi connectivity index (χ3v) is 5.92. The molecule has 2 heterocycles. The Hall–Kier alpha value is -2.67. The third kappa shape index (κ3) is 5.38. The van der Waals surface area contributed by atoms with Gasteiger partial charge in [0, 0.05) is 31.2 Å². The van der Waals surface area contributed by atoms with Crippen LogP contribution in [0.15, 0.2) is 54.7 Å². The number of hydrogen-bond acceptors (Lipinski definition) is 4. The van der Waals surface area contributed by atoms with Crippen LogP contribution in [0.5, 0.6) is 0 Å². The molecule has 4 rings (SSSR count). The molecule has 0 radical (unpaired) electrons. The molecule has 32 heavy (non-hydrogen) atoms. The molecule has 2 unspecified atom stereocenters. The van der Waals surface area contributed by atoms with Gasteiger partial charge in [0.2, 0.25) is 0 Å². The number of halogens is 1. The van der Waals surface area contributed by atoms with E-state index in [0.29, 0.717) is 17.1 Å².